The fraction of sp³-hybridized carbons (Fsp3) is 0.500. The van der Waals surface area contributed by atoms with E-state index in [1.807, 2.05) is 0 Å². The quantitative estimate of drug-likeness (QED) is 0.683. The predicted octanol–water partition coefficient (Wildman–Crippen LogP) is 1.15. The Kier molecular flexibility index (Phi) is 5.70. The lowest BCUT2D eigenvalue weighted by atomic mass is 9.94. The molecule has 0 radical (unpaired) electrons. The number of nitrogens with zero attached hydrogens (tertiary/aromatic N) is 4. The zero-order chi connectivity index (χ0) is 17.2. The van der Waals surface area contributed by atoms with E-state index in [0.29, 0.717) is 41.9 Å². The number of hydrogen-bond acceptors (Lipinski definition) is 7. The number of halogens is 1. The van der Waals surface area contributed by atoms with Gasteiger partial charge in [0.05, 0.1) is 18.5 Å². The van der Waals surface area contributed by atoms with Crippen molar-refractivity contribution in [2.75, 3.05) is 26.8 Å². The topological polar surface area (TPSA) is 110 Å². The first kappa shape index (κ1) is 18.6. The van der Waals surface area contributed by atoms with Crippen molar-refractivity contribution in [1.82, 2.24) is 30.1 Å². The lowest BCUT2D eigenvalue weighted by molar-refractivity contribution is 0.199. The van der Waals surface area contributed by atoms with Gasteiger partial charge in [0.25, 0.3) is 11.4 Å². The van der Waals surface area contributed by atoms with Crippen molar-refractivity contribution in [3.63, 3.8) is 0 Å². The fourth-order valence-corrected chi connectivity index (χ4v) is 3.24. The summed E-state index contributed by atoms with van der Waals surface area (Å²) in [6, 6.07) is 1.64. The first-order valence-electron chi connectivity index (χ1n) is 8.40. The van der Waals surface area contributed by atoms with Crippen LogP contribution in [0.1, 0.15) is 30.3 Å². The Labute approximate surface area is 155 Å². The number of ether oxygens (including phenoxy) is 1. The number of H-pyrrole nitrogens is 1. The number of piperidine rings is 1. The molecule has 0 aromatic carbocycles. The zero-order valence-electron chi connectivity index (χ0n) is 14.4. The highest BCUT2D eigenvalue weighted by molar-refractivity contribution is 5.85. The number of fused-ring (bicyclic) bond motifs is 1. The Morgan fingerprint density at radius 3 is 2.96 bits per heavy atom. The van der Waals surface area contributed by atoms with Gasteiger partial charge >= 0.3 is 0 Å². The second-order valence-electron chi connectivity index (χ2n) is 6.16. The van der Waals surface area contributed by atoms with Crippen LogP contribution in [0.3, 0.4) is 0 Å². The molecule has 0 unspecified atom stereocenters. The Hall–Kier alpha value is -2.23. The first-order valence-corrected chi connectivity index (χ1v) is 8.40. The highest BCUT2D eigenvalue weighted by Crippen LogP contribution is 2.27. The Morgan fingerprint density at radius 2 is 2.19 bits per heavy atom. The Morgan fingerprint density at radius 1 is 1.38 bits per heavy atom. The van der Waals surface area contributed by atoms with Crippen LogP contribution in [0.5, 0.6) is 0 Å². The van der Waals surface area contributed by atoms with Crippen LogP contribution in [0.15, 0.2) is 21.6 Å². The predicted molar refractivity (Wildman–Crippen MR) is 96.8 cm³/mol. The second kappa shape index (κ2) is 7.98. The molecule has 26 heavy (non-hydrogen) atoms. The summed E-state index contributed by atoms with van der Waals surface area (Å²) in [7, 11) is 1.62. The molecule has 140 valence electrons. The van der Waals surface area contributed by atoms with Crippen molar-refractivity contribution in [2.24, 2.45) is 0 Å². The van der Waals surface area contributed by atoms with Crippen molar-refractivity contribution in [2.45, 2.75) is 25.2 Å². The van der Waals surface area contributed by atoms with Crippen LogP contribution in [0.25, 0.3) is 17.1 Å². The molecule has 2 N–H and O–H groups in total. The van der Waals surface area contributed by atoms with Crippen molar-refractivity contribution < 1.29 is 9.26 Å². The van der Waals surface area contributed by atoms with Gasteiger partial charge in [0.2, 0.25) is 0 Å². The first-order chi connectivity index (χ1) is 12.3. The number of aromatic nitrogens is 5. The smallest absolute Gasteiger partial charge is 0.263 e. The van der Waals surface area contributed by atoms with E-state index in [-0.39, 0.29) is 18.0 Å². The third-order valence-corrected chi connectivity index (χ3v) is 4.52. The van der Waals surface area contributed by atoms with Gasteiger partial charge in [0.15, 0.2) is 5.82 Å². The largest absolute Gasteiger partial charge is 0.384 e. The molecule has 1 aliphatic rings. The van der Waals surface area contributed by atoms with Crippen molar-refractivity contribution in [3.05, 3.63) is 34.1 Å². The Bertz CT molecular complexity index is 928. The molecule has 0 bridgehead atoms. The molecular formula is C16H21ClN6O3. The lowest BCUT2D eigenvalue weighted by Gasteiger charge is -2.23. The van der Waals surface area contributed by atoms with Gasteiger partial charge in [-0.3, -0.25) is 4.79 Å². The maximum absolute atomic E-state index is 12.2. The van der Waals surface area contributed by atoms with Gasteiger partial charge in [-0.1, -0.05) is 5.16 Å². The summed E-state index contributed by atoms with van der Waals surface area (Å²) in [5.41, 5.74) is 1.99. The lowest BCUT2D eigenvalue weighted by Crippen LogP contribution is -2.28. The maximum Gasteiger partial charge on any atom is 0.263 e. The van der Waals surface area contributed by atoms with Gasteiger partial charge in [0.1, 0.15) is 11.2 Å². The molecule has 0 spiro atoms. The molecule has 4 rings (SSSR count). The molecular weight excluding hydrogens is 360 g/mol. The van der Waals surface area contributed by atoms with Crippen molar-refractivity contribution in [1.29, 1.82) is 0 Å². The molecule has 0 amide bonds. The number of rotatable bonds is 5. The number of aromatic amines is 1. The van der Waals surface area contributed by atoms with Gasteiger partial charge in [-0.2, -0.15) is 10.1 Å². The van der Waals surface area contributed by atoms with E-state index in [1.54, 1.807) is 23.9 Å². The van der Waals surface area contributed by atoms with Crippen LogP contribution < -0.4 is 10.9 Å². The summed E-state index contributed by atoms with van der Waals surface area (Å²) in [5.74, 6) is 1.21. The number of methoxy groups -OCH3 is 1. The summed E-state index contributed by atoms with van der Waals surface area (Å²) >= 11 is 0. The van der Waals surface area contributed by atoms with Gasteiger partial charge < -0.3 is 19.6 Å². The zero-order valence-corrected chi connectivity index (χ0v) is 15.2. The summed E-state index contributed by atoms with van der Waals surface area (Å²) in [5, 5.41) is 11.7. The third kappa shape index (κ3) is 3.50. The summed E-state index contributed by atoms with van der Waals surface area (Å²) in [4.78, 5) is 19.4. The molecule has 3 aromatic rings. The minimum absolute atomic E-state index is 0. The van der Waals surface area contributed by atoms with Crippen LogP contribution >= 0.6 is 12.4 Å². The van der Waals surface area contributed by atoms with Crippen LogP contribution in [-0.4, -0.2) is 51.5 Å². The van der Waals surface area contributed by atoms with Gasteiger partial charge in [-0.05, 0) is 25.9 Å². The van der Waals surface area contributed by atoms with Gasteiger partial charge in [-0.25, -0.2) is 4.52 Å². The van der Waals surface area contributed by atoms with Crippen LogP contribution in [0, 0.1) is 0 Å². The molecule has 0 aliphatic carbocycles. The number of nitrogens with one attached hydrogen (secondary N) is 2. The molecule has 3 aromatic heterocycles. The van der Waals surface area contributed by atoms with E-state index >= 15 is 0 Å². The monoisotopic (exact) mass is 380 g/mol. The van der Waals surface area contributed by atoms with E-state index in [1.165, 1.54) is 0 Å². The molecule has 1 fully saturated rings. The molecule has 10 heteroatoms. The van der Waals surface area contributed by atoms with Crippen LogP contribution in [-0.2, 0) is 11.2 Å². The SMILES string of the molecule is COCCc1noc(-c2cnn3c(C4CCNCC4)cc(=O)[nH]c23)n1.Cl. The molecule has 1 saturated heterocycles. The van der Waals surface area contributed by atoms with Crippen molar-refractivity contribution in [3.8, 4) is 11.5 Å². The van der Waals surface area contributed by atoms with Crippen molar-refractivity contribution >= 4 is 18.1 Å². The standard InChI is InChI=1S/C16H20N6O3.ClH/c1-24-7-4-13-19-16(25-21-13)11-9-18-22-12(8-14(23)20-15(11)22)10-2-5-17-6-3-10;/h8-10,17H,2-7H2,1H3,(H,20,23);1H. The highest BCUT2D eigenvalue weighted by Gasteiger charge is 2.22. The number of hydrogen-bond donors (Lipinski definition) is 2. The minimum Gasteiger partial charge on any atom is -0.384 e. The fourth-order valence-electron chi connectivity index (χ4n) is 3.24. The van der Waals surface area contributed by atoms with E-state index in [0.717, 1.165) is 31.6 Å². The van der Waals surface area contributed by atoms with Crippen LogP contribution in [0.2, 0.25) is 0 Å². The molecule has 9 nitrogen and oxygen atoms in total. The average molecular weight is 381 g/mol. The summed E-state index contributed by atoms with van der Waals surface area (Å²) < 4.78 is 12.1. The van der Waals surface area contributed by atoms with E-state index in [2.05, 4.69) is 25.5 Å². The molecule has 1 aliphatic heterocycles. The molecule has 4 heterocycles. The molecule has 0 atom stereocenters. The maximum atomic E-state index is 12.2. The van der Waals surface area contributed by atoms with E-state index < -0.39 is 0 Å². The van der Waals surface area contributed by atoms with E-state index in [9.17, 15) is 4.79 Å². The van der Waals surface area contributed by atoms with E-state index in [4.69, 9.17) is 9.26 Å². The summed E-state index contributed by atoms with van der Waals surface area (Å²) in [6.07, 6.45) is 4.18. The van der Waals surface area contributed by atoms with Gasteiger partial charge in [-0.15, -0.1) is 12.4 Å². The van der Waals surface area contributed by atoms with Crippen LogP contribution in [0.4, 0.5) is 0 Å². The minimum atomic E-state index is -0.151. The third-order valence-electron chi connectivity index (χ3n) is 4.52. The second-order valence-corrected chi connectivity index (χ2v) is 6.16. The van der Waals surface area contributed by atoms with Gasteiger partial charge in [0, 0.05) is 25.5 Å². The average Bonchev–Trinajstić information content (AvgIpc) is 3.26. The molecule has 0 saturated carbocycles. The summed E-state index contributed by atoms with van der Waals surface area (Å²) in [6.45, 7) is 2.41. The Balaban J connectivity index is 0.00000196. The highest BCUT2D eigenvalue weighted by atomic mass is 35.5. The normalized spacial score (nSPS) is 15.3.